The van der Waals surface area contributed by atoms with Crippen LogP contribution in [0.25, 0.3) is 10.1 Å². The molecule has 1 aromatic heterocycles. The van der Waals surface area contributed by atoms with Crippen molar-refractivity contribution in [2.45, 2.75) is 143 Å². The summed E-state index contributed by atoms with van der Waals surface area (Å²) in [5.74, 6) is 0.555. The van der Waals surface area contributed by atoms with Crippen LogP contribution in [0, 0.1) is 0 Å². The van der Waals surface area contributed by atoms with Gasteiger partial charge in [0.15, 0.2) is 0 Å². The SMILES string of the molecule is CC(C)(C)c1ccc(N2c3cc(C(C)(C)C)ccc3B3c4sc5ccc(C(C)(C)C)cc5c4N(c4ccc(C(C)(C)C)cc4)c4cc(C5CCCCC5)cc2c43)cc1. The Morgan fingerprint density at radius 2 is 0.983 bits per heavy atom. The molecule has 0 amide bonds. The highest BCUT2D eigenvalue weighted by Crippen LogP contribution is 2.51. The third-order valence-corrected chi connectivity index (χ3v) is 14.7. The monoisotopic (exact) mass is 782 g/mol. The van der Waals surface area contributed by atoms with E-state index in [0.29, 0.717) is 5.92 Å². The van der Waals surface area contributed by atoms with Gasteiger partial charge in [-0.15, -0.1) is 11.3 Å². The van der Waals surface area contributed by atoms with Crippen LogP contribution in [0.15, 0.2) is 97.1 Å². The summed E-state index contributed by atoms with van der Waals surface area (Å²) in [5.41, 5.74) is 17.9. The molecule has 2 nitrogen and oxygen atoms in total. The van der Waals surface area contributed by atoms with Crippen LogP contribution in [0.1, 0.15) is 149 Å². The molecule has 298 valence electrons. The van der Waals surface area contributed by atoms with Gasteiger partial charge < -0.3 is 9.80 Å². The summed E-state index contributed by atoms with van der Waals surface area (Å²) < 4.78 is 2.82. The average Bonchev–Trinajstić information content (AvgIpc) is 3.55. The van der Waals surface area contributed by atoms with Crippen molar-refractivity contribution in [2.24, 2.45) is 0 Å². The molecule has 5 aromatic carbocycles. The van der Waals surface area contributed by atoms with Gasteiger partial charge in [0.2, 0.25) is 0 Å². The van der Waals surface area contributed by atoms with Crippen molar-refractivity contribution < 1.29 is 0 Å². The van der Waals surface area contributed by atoms with Crippen molar-refractivity contribution in [3.63, 3.8) is 0 Å². The number of fused-ring (bicyclic) bond motifs is 6. The van der Waals surface area contributed by atoms with E-state index in [1.807, 2.05) is 11.3 Å². The number of rotatable bonds is 3. The molecule has 0 spiro atoms. The first-order valence-electron chi connectivity index (χ1n) is 22.0. The number of nitrogens with zero attached hydrogens (tertiary/aromatic N) is 2. The Labute approximate surface area is 353 Å². The molecule has 9 rings (SSSR count). The minimum Gasteiger partial charge on any atom is -0.311 e. The van der Waals surface area contributed by atoms with Gasteiger partial charge in [0.25, 0.3) is 6.71 Å². The van der Waals surface area contributed by atoms with E-state index in [9.17, 15) is 0 Å². The van der Waals surface area contributed by atoms with E-state index in [1.54, 1.807) is 0 Å². The molecule has 1 saturated carbocycles. The quantitative estimate of drug-likeness (QED) is 0.165. The molecular formula is C54H63BN2S. The van der Waals surface area contributed by atoms with Crippen molar-refractivity contribution in [3.05, 3.63) is 125 Å². The molecule has 3 aliphatic rings. The van der Waals surface area contributed by atoms with Crippen molar-refractivity contribution in [2.75, 3.05) is 9.80 Å². The van der Waals surface area contributed by atoms with Gasteiger partial charge in [-0.2, -0.15) is 0 Å². The molecule has 0 radical (unpaired) electrons. The van der Waals surface area contributed by atoms with Gasteiger partial charge in [-0.05, 0) is 134 Å². The first-order valence-corrected chi connectivity index (χ1v) is 22.8. The number of hydrogen-bond donors (Lipinski definition) is 0. The average molecular weight is 783 g/mol. The summed E-state index contributed by atoms with van der Waals surface area (Å²) in [6.07, 6.45) is 6.48. The van der Waals surface area contributed by atoms with Crippen molar-refractivity contribution in [3.8, 4) is 0 Å². The van der Waals surface area contributed by atoms with Gasteiger partial charge in [0, 0.05) is 43.3 Å². The molecule has 0 unspecified atom stereocenters. The van der Waals surface area contributed by atoms with Crippen LogP contribution in [0.3, 0.4) is 0 Å². The lowest BCUT2D eigenvalue weighted by molar-refractivity contribution is 0.444. The number of thiophene rings is 1. The number of hydrogen-bond acceptors (Lipinski definition) is 3. The summed E-state index contributed by atoms with van der Waals surface area (Å²) in [7, 11) is 0. The maximum absolute atomic E-state index is 2.68. The summed E-state index contributed by atoms with van der Waals surface area (Å²) in [5, 5.41) is 1.37. The zero-order chi connectivity index (χ0) is 41.1. The molecule has 2 aliphatic heterocycles. The molecule has 1 aliphatic carbocycles. The predicted octanol–water partition coefficient (Wildman–Crippen LogP) is 14.2. The maximum atomic E-state index is 2.68. The lowest BCUT2D eigenvalue weighted by atomic mass is 9.36. The Bertz CT molecular complexity index is 2520. The van der Waals surface area contributed by atoms with Gasteiger partial charge in [-0.1, -0.05) is 145 Å². The molecule has 3 heterocycles. The highest BCUT2D eigenvalue weighted by Gasteiger charge is 2.46. The Hall–Kier alpha value is -4.28. The van der Waals surface area contributed by atoms with Gasteiger partial charge in [-0.25, -0.2) is 0 Å². The zero-order valence-electron chi connectivity index (χ0n) is 37.2. The predicted molar refractivity (Wildman–Crippen MR) is 256 cm³/mol. The van der Waals surface area contributed by atoms with E-state index in [2.05, 4.69) is 190 Å². The van der Waals surface area contributed by atoms with E-state index in [-0.39, 0.29) is 28.4 Å². The van der Waals surface area contributed by atoms with E-state index < -0.39 is 0 Å². The lowest BCUT2D eigenvalue weighted by Gasteiger charge is -2.44. The van der Waals surface area contributed by atoms with Crippen LogP contribution in [0.4, 0.5) is 34.1 Å². The van der Waals surface area contributed by atoms with Crippen molar-refractivity contribution >= 4 is 78.0 Å². The molecule has 6 aromatic rings. The first-order chi connectivity index (χ1) is 27.3. The highest BCUT2D eigenvalue weighted by molar-refractivity contribution is 7.33. The fraction of sp³-hybridized carbons (Fsp3) is 0.407. The second kappa shape index (κ2) is 13.6. The van der Waals surface area contributed by atoms with Gasteiger partial charge in [-0.3, -0.25) is 0 Å². The summed E-state index contributed by atoms with van der Waals surface area (Å²) in [6, 6.07) is 39.1. The Morgan fingerprint density at radius 1 is 0.500 bits per heavy atom. The third-order valence-electron chi connectivity index (χ3n) is 13.5. The molecule has 0 N–H and O–H groups in total. The third kappa shape index (κ3) is 6.63. The molecule has 58 heavy (non-hydrogen) atoms. The topological polar surface area (TPSA) is 6.48 Å². The molecule has 4 heteroatoms. The largest absolute Gasteiger partial charge is 0.311 e. The second-order valence-corrected chi connectivity index (χ2v) is 22.9. The van der Waals surface area contributed by atoms with Crippen molar-refractivity contribution in [1.29, 1.82) is 0 Å². The second-order valence-electron chi connectivity index (χ2n) is 21.8. The maximum Gasteiger partial charge on any atom is 0.264 e. The Kier molecular flexibility index (Phi) is 9.21. The van der Waals surface area contributed by atoms with E-state index >= 15 is 0 Å². The molecule has 0 bridgehead atoms. The summed E-state index contributed by atoms with van der Waals surface area (Å²) in [6.45, 7) is 28.1. The number of anilines is 6. The van der Waals surface area contributed by atoms with E-state index in [1.165, 1.54) is 120 Å². The molecule has 0 saturated heterocycles. The highest BCUT2D eigenvalue weighted by atomic mass is 32.1. The fourth-order valence-corrected chi connectivity index (χ4v) is 11.2. The van der Waals surface area contributed by atoms with E-state index in [0.717, 1.165) is 0 Å². The van der Waals surface area contributed by atoms with Crippen LogP contribution in [0.2, 0.25) is 0 Å². The molecule has 1 fully saturated rings. The van der Waals surface area contributed by atoms with Crippen LogP contribution in [-0.2, 0) is 21.7 Å². The summed E-state index contributed by atoms with van der Waals surface area (Å²) >= 11 is 2.01. The minimum atomic E-state index is 0.0148. The Morgan fingerprint density at radius 3 is 1.53 bits per heavy atom. The molecular weight excluding hydrogens is 719 g/mol. The fourth-order valence-electron chi connectivity index (χ4n) is 9.87. The van der Waals surface area contributed by atoms with Crippen molar-refractivity contribution in [1.82, 2.24) is 0 Å². The van der Waals surface area contributed by atoms with Gasteiger partial charge in [0.1, 0.15) is 0 Å². The minimum absolute atomic E-state index is 0.0148. The summed E-state index contributed by atoms with van der Waals surface area (Å²) in [4.78, 5) is 5.33. The number of benzene rings is 5. The van der Waals surface area contributed by atoms with E-state index in [4.69, 9.17) is 0 Å². The van der Waals surface area contributed by atoms with Crippen LogP contribution in [-0.4, -0.2) is 6.71 Å². The van der Waals surface area contributed by atoms with Gasteiger partial charge >= 0.3 is 0 Å². The smallest absolute Gasteiger partial charge is 0.264 e. The van der Waals surface area contributed by atoms with Crippen LogP contribution in [0.5, 0.6) is 0 Å². The normalized spacial score (nSPS) is 16.1. The zero-order valence-corrected chi connectivity index (χ0v) is 38.0. The van der Waals surface area contributed by atoms with Crippen LogP contribution >= 0.6 is 11.3 Å². The molecule has 0 atom stereocenters. The lowest BCUT2D eigenvalue weighted by Crippen LogP contribution is -2.60. The van der Waals surface area contributed by atoms with Crippen LogP contribution < -0.4 is 25.5 Å². The standard InChI is InChI=1S/C54H63BN2S/c1-51(2,3)36-18-24-40(25-19-36)56-44-33-39(54(10,11)12)22-28-43(44)55-48-45(56)30-35(34-16-14-13-15-17-34)31-46(48)57(41-26-20-37(21-27-41)52(4,5)6)49-42-32-38(53(7,8)9)23-29-47(42)58-50(49)55/h18-34H,13-17H2,1-12H3. The van der Waals surface area contributed by atoms with Gasteiger partial charge in [0.05, 0.1) is 5.69 Å². The first kappa shape index (κ1) is 39.2. The Balaban J connectivity index is 1.40.